The van der Waals surface area contributed by atoms with Crippen LogP contribution in [0.2, 0.25) is 0 Å². The molecule has 5 rings (SSSR count). The fourth-order valence-electron chi connectivity index (χ4n) is 4.31. The van der Waals surface area contributed by atoms with Gasteiger partial charge in [0.05, 0.1) is 23.4 Å². The van der Waals surface area contributed by atoms with Crippen molar-refractivity contribution < 1.29 is 4.39 Å². The molecule has 6 nitrogen and oxygen atoms in total. The monoisotopic (exact) mass is 430 g/mol. The Bertz CT molecular complexity index is 1200. The van der Waals surface area contributed by atoms with Crippen LogP contribution < -0.4 is 5.32 Å². The first kappa shape index (κ1) is 20.6. The number of rotatable bonds is 6. The lowest BCUT2D eigenvalue weighted by atomic mass is 10.1. The van der Waals surface area contributed by atoms with Crippen LogP contribution in [0.4, 0.5) is 10.2 Å². The molecular formula is C25H27FN6. The van der Waals surface area contributed by atoms with Gasteiger partial charge in [-0.15, -0.1) is 0 Å². The number of nitrogens with one attached hydrogen (secondary N) is 1. The number of benzene rings is 2. The second-order valence-electron chi connectivity index (χ2n) is 8.45. The average Bonchev–Trinajstić information content (AvgIpc) is 3.24. The van der Waals surface area contributed by atoms with Crippen molar-refractivity contribution >= 4 is 16.9 Å². The summed E-state index contributed by atoms with van der Waals surface area (Å²) in [5.41, 5.74) is 4.23. The predicted octanol–water partition coefficient (Wildman–Crippen LogP) is 5.11. The summed E-state index contributed by atoms with van der Waals surface area (Å²) in [5, 5.41) is 3.36. The molecule has 1 saturated heterocycles. The Labute approximate surface area is 187 Å². The molecule has 0 amide bonds. The highest BCUT2D eigenvalue weighted by atomic mass is 19.1. The largest absolute Gasteiger partial charge is 0.362 e. The fraction of sp³-hybridized carbons (Fsp3) is 0.320. The van der Waals surface area contributed by atoms with Gasteiger partial charge in [-0.3, -0.25) is 14.5 Å². The lowest BCUT2D eigenvalue weighted by Crippen LogP contribution is -2.29. The molecule has 0 aliphatic carbocycles. The van der Waals surface area contributed by atoms with Gasteiger partial charge >= 0.3 is 0 Å². The van der Waals surface area contributed by atoms with Crippen LogP contribution in [0.1, 0.15) is 43.4 Å². The van der Waals surface area contributed by atoms with Crippen LogP contribution in [0, 0.1) is 5.82 Å². The number of nitrogens with zero attached hydrogens (tertiary/aromatic N) is 5. The van der Waals surface area contributed by atoms with Crippen LogP contribution in [0.3, 0.4) is 0 Å². The van der Waals surface area contributed by atoms with Crippen molar-refractivity contribution in [2.45, 2.75) is 38.8 Å². The van der Waals surface area contributed by atoms with Crippen LogP contribution >= 0.6 is 0 Å². The second kappa shape index (κ2) is 9.04. The minimum Gasteiger partial charge on any atom is -0.362 e. The van der Waals surface area contributed by atoms with E-state index in [9.17, 15) is 4.39 Å². The first-order valence-electron chi connectivity index (χ1n) is 11.2. The molecule has 0 radical (unpaired) electrons. The quantitative estimate of drug-likeness (QED) is 0.460. The van der Waals surface area contributed by atoms with Gasteiger partial charge in [0.25, 0.3) is 0 Å². The number of aromatic nitrogens is 4. The van der Waals surface area contributed by atoms with Gasteiger partial charge in [0.15, 0.2) is 5.82 Å². The summed E-state index contributed by atoms with van der Waals surface area (Å²) in [4.78, 5) is 16.2. The maximum Gasteiger partial charge on any atom is 0.159 e. The smallest absolute Gasteiger partial charge is 0.159 e. The third kappa shape index (κ3) is 4.48. The summed E-state index contributed by atoms with van der Waals surface area (Å²) < 4.78 is 15.2. The van der Waals surface area contributed by atoms with E-state index in [0.29, 0.717) is 11.6 Å². The summed E-state index contributed by atoms with van der Waals surface area (Å²) in [7, 11) is 0. The van der Waals surface area contributed by atoms with E-state index in [1.807, 2.05) is 11.5 Å². The number of likely N-dealkylation sites (tertiary alicyclic amines) is 1. The molecule has 1 N–H and O–H groups in total. The van der Waals surface area contributed by atoms with Crippen LogP contribution in [0.25, 0.3) is 16.9 Å². The molecule has 0 spiro atoms. The van der Waals surface area contributed by atoms with Gasteiger partial charge in [-0.2, -0.15) is 0 Å². The summed E-state index contributed by atoms with van der Waals surface area (Å²) >= 11 is 0. The lowest BCUT2D eigenvalue weighted by Gasteiger charge is -2.26. The van der Waals surface area contributed by atoms with Gasteiger partial charge in [-0.05, 0) is 68.2 Å². The summed E-state index contributed by atoms with van der Waals surface area (Å²) in [5.74, 6) is 1.12. The third-order valence-corrected chi connectivity index (χ3v) is 6.07. The molecular weight excluding hydrogens is 403 g/mol. The Balaban J connectivity index is 1.38. The standard InChI is InChI=1S/C25H27FN6/c1-18(20-6-8-21(26)9-7-20)29-24-14-27-15-25(30-24)32-17-28-22-10-5-19(13-23(22)32)16-31-11-3-2-4-12-31/h5-10,13-15,17-18H,2-4,11-12,16H2,1H3,(H,29,30)/t18-/m0/s1. The maximum absolute atomic E-state index is 13.2. The van der Waals surface area contributed by atoms with Gasteiger partial charge in [-0.25, -0.2) is 14.4 Å². The van der Waals surface area contributed by atoms with E-state index >= 15 is 0 Å². The van der Waals surface area contributed by atoms with E-state index in [1.54, 1.807) is 30.9 Å². The van der Waals surface area contributed by atoms with Crippen molar-refractivity contribution in [3.8, 4) is 5.82 Å². The van der Waals surface area contributed by atoms with Crippen LogP contribution in [0.15, 0.2) is 61.2 Å². The Morgan fingerprint density at radius 2 is 1.84 bits per heavy atom. The van der Waals surface area contributed by atoms with Crippen LogP contribution in [0.5, 0.6) is 0 Å². The van der Waals surface area contributed by atoms with E-state index in [4.69, 9.17) is 4.98 Å². The van der Waals surface area contributed by atoms with Gasteiger partial charge in [-0.1, -0.05) is 24.6 Å². The molecule has 2 aromatic heterocycles. The van der Waals surface area contributed by atoms with Gasteiger partial charge in [0.1, 0.15) is 18.0 Å². The van der Waals surface area contributed by atoms with Gasteiger partial charge < -0.3 is 5.32 Å². The molecule has 4 aromatic rings. The Morgan fingerprint density at radius 3 is 2.66 bits per heavy atom. The van der Waals surface area contributed by atoms with Crippen LogP contribution in [-0.4, -0.2) is 37.5 Å². The number of halogens is 1. The molecule has 0 saturated carbocycles. The predicted molar refractivity (Wildman–Crippen MR) is 124 cm³/mol. The van der Waals surface area contributed by atoms with Crippen LogP contribution in [-0.2, 0) is 6.54 Å². The molecule has 2 aromatic carbocycles. The molecule has 164 valence electrons. The Hall–Kier alpha value is -3.32. The highest BCUT2D eigenvalue weighted by Gasteiger charge is 2.13. The number of hydrogen-bond acceptors (Lipinski definition) is 5. The molecule has 1 aliphatic rings. The third-order valence-electron chi connectivity index (χ3n) is 6.07. The second-order valence-corrected chi connectivity index (χ2v) is 8.45. The summed E-state index contributed by atoms with van der Waals surface area (Å²) in [6.07, 6.45) is 9.14. The zero-order valence-corrected chi connectivity index (χ0v) is 18.2. The maximum atomic E-state index is 13.2. The molecule has 1 atom stereocenters. The fourth-order valence-corrected chi connectivity index (χ4v) is 4.31. The minimum atomic E-state index is -0.241. The van der Waals surface area contributed by atoms with E-state index in [1.165, 1.54) is 50.0 Å². The highest BCUT2D eigenvalue weighted by molar-refractivity contribution is 5.77. The highest BCUT2D eigenvalue weighted by Crippen LogP contribution is 2.22. The molecule has 7 heteroatoms. The molecule has 3 heterocycles. The average molecular weight is 431 g/mol. The minimum absolute atomic E-state index is 0.0316. The number of hydrogen-bond donors (Lipinski definition) is 1. The Kier molecular flexibility index (Phi) is 5.81. The number of anilines is 1. The van der Waals surface area contributed by atoms with Gasteiger partial charge in [0.2, 0.25) is 0 Å². The van der Waals surface area contributed by atoms with Crippen molar-refractivity contribution in [1.29, 1.82) is 0 Å². The first-order valence-corrected chi connectivity index (χ1v) is 11.2. The summed E-state index contributed by atoms with van der Waals surface area (Å²) in [6, 6.07) is 12.9. The van der Waals surface area contributed by atoms with E-state index < -0.39 is 0 Å². The van der Waals surface area contributed by atoms with Crippen molar-refractivity contribution in [2.24, 2.45) is 0 Å². The molecule has 0 bridgehead atoms. The zero-order chi connectivity index (χ0) is 21.9. The van der Waals surface area contributed by atoms with Crippen molar-refractivity contribution in [1.82, 2.24) is 24.4 Å². The number of fused-ring (bicyclic) bond motifs is 1. The molecule has 0 unspecified atom stereocenters. The normalized spacial score (nSPS) is 15.7. The SMILES string of the molecule is C[C@H](Nc1cncc(-n2cnc3ccc(CN4CCCCC4)cc32)n1)c1ccc(F)cc1. The van der Waals surface area contributed by atoms with Crippen molar-refractivity contribution in [3.05, 3.63) is 78.1 Å². The van der Waals surface area contributed by atoms with E-state index in [0.717, 1.165) is 23.1 Å². The number of piperidine rings is 1. The topological polar surface area (TPSA) is 58.9 Å². The zero-order valence-electron chi connectivity index (χ0n) is 18.2. The van der Waals surface area contributed by atoms with Crippen molar-refractivity contribution in [2.75, 3.05) is 18.4 Å². The lowest BCUT2D eigenvalue weighted by molar-refractivity contribution is 0.221. The van der Waals surface area contributed by atoms with Crippen molar-refractivity contribution in [3.63, 3.8) is 0 Å². The van der Waals surface area contributed by atoms with Gasteiger partial charge in [0, 0.05) is 12.6 Å². The first-order chi connectivity index (χ1) is 15.7. The molecule has 1 aliphatic heterocycles. The molecule has 32 heavy (non-hydrogen) atoms. The number of imidazole rings is 1. The Morgan fingerprint density at radius 1 is 1.03 bits per heavy atom. The van der Waals surface area contributed by atoms with E-state index in [-0.39, 0.29) is 11.9 Å². The molecule has 1 fully saturated rings. The summed E-state index contributed by atoms with van der Waals surface area (Å²) in [6.45, 7) is 5.32. The van der Waals surface area contributed by atoms with E-state index in [2.05, 4.69) is 38.4 Å².